The number of halogens is 1. The van der Waals surface area contributed by atoms with Gasteiger partial charge in [0.05, 0.1) is 24.6 Å². The van der Waals surface area contributed by atoms with Crippen LogP contribution in [0.2, 0.25) is 18.6 Å². The number of hydrogen-bond donors (Lipinski definition) is 2. The van der Waals surface area contributed by atoms with Crippen LogP contribution < -0.4 is 4.90 Å². The molecule has 3 heterocycles. The molecule has 10 nitrogen and oxygen atoms in total. The van der Waals surface area contributed by atoms with Crippen LogP contribution in [0.1, 0.15) is 43.9 Å². The molecule has 1 fully saturated rings. The highest BCUT2D eigenvalue weighted by Crippen LogP contribution is 2.59. The molecule has 1 aromatic heterocycles. The number of aromatic nitrogens is 3. The van der Waals surface area contributed by atoms with Crippen molar-refractivity contribution in [3.63, 3.8) is 0 Å². The Morgan fingerprint density at radius 1 is 1.29 bits per heavy atom. The Morgan fingerprint density at radius 3 is 2.74 bits per heavy atom. The molecule has 2 aliphatic heterocycles. The predicted octanol–water partition coefficient (Wildman–Crippen LogP) is 3.15. The number of aliphatic hydroxyl groups excluding tert-OH is 1. The minimum atomic E-state index is -2.76. The lowest BCUT2D eigenvalue weighted by Gasteiger charge is -2.32. The molecule has 12 heteroatoms. The van der Waals surface area contributed by atoms with Gasteiger partial charge in [0.2, 0.25) is 0 Å². The number of benzene rings is 1. The maximum Gasteiger partial charge on any atom is 0.305 e. The van der Waals surface area contributed by atoms with Gasteiger partial charge in [-0.15, -0.1) is 5.10 Å². The van der Waals surface area contributed by atoms with E-state index >= 15 is 0 Å². The molecule has 1 saturated heterocycles. The SMILES string of the molecule is COC(=O)CCCCN1C(=O)[C@@]2(O[C@@H](CCn3cc(CCO)nn3)[C@H]([Si](C)(C)O)[C@H]2C)c2cc(Br)ccc21. The van der Waals surface area contributed by atoms with Gasteiger partial charge in [-0.05, 0) is 50.6 Å². The molecule has 208 valence electrons. The monoisotopic (exact) mass is 608 g/mol. The maximum atomic E-state index is 14.2. The van der Waals surface area contributed by atoms with Crippen molar-refractivity contribution in [2.75, 3.05) is 25.2 Å². The number of aliphatic hydroxyl groups is 1. The van der Waals surface area contributed by atoms with Crippen LogP contribution in [-0.4, -0.2) is 71.5 Å². The van der Waals surface area contributed by atoms with Crippen molar-refractivity contribution < 1.29 is 29.0 Å². The summed E-state index contributed by atoms with van der Waals surface area (Å²) < 4.78 is 14.1. The quantitative estimate of drug-likeness (QED) is 0.226. The summed E-state index contributed by atoms with van der Waals surface area (Å²) in [5.74, 6) is -0.628. The molecule has 1 spiro atoms. The number of fused-ring (bicyclic) bond motifs is 2. The van der Waals surface area contributed by atoms with E-state index in [1.165, 1.54) is 7.11 Å². The summed E-state index contributed by atoms with van der Waals surface area (Å²) in [5.41, 5.74) is 0.955. The number of carbonyl (C=O) groups is 2. The fourth-order valence-electron chi connectivity index (χ4n) is 6.12. The highest BCUT2D eigenvalue weighted by molar-refractivity contribution is 9.10. The third-order valence-corrected chi connectivity index (χ3v) is 10.8. The first-order chi connectivity index (χ1) is 18.0. The van der Waals surface area contributed by atoms with E-state index in [0.29, 0.717) is 50.9 Å². The van der Waals surface area contributed by atoms with E-state index in [0.717, 1.165) is 15.7 Å². The Kier molecular flexibility index (Phi) is 8.77. The lowest BCUT2D eigenvalue weighted by Crippen LogP contribution is -2.46. The van der Waals surface area contributed by atoms with Crippen LogP contribution in [0.15, 0.2) is 28.9 Å². The summed E-state index contributed by atoms with van der Waals surface area (Å²) in [6.07, 6.45) is 4.03. The first kappa shape index (κ1) is 28.9. The molecule has 0 saturated carbocycles. The van der Waals surface area contributed by atoms with Crippen molar-refractivity contribution in [3.8, 4) is 0 Å². The van der Waals surface area contributed by atoms with Gasteiger partial charge < -0.3 is 24.3 Å². The number of rotatable bonds is 11. The highest BCUT2D eigenvalue weighted by atomic mass is 79.9. The largest absolute Gasteiger partial charge is 0.469 e. The fourth-order valence-corrected chi connectivity index (χ4v) is 9.08. The predicted molar refractivity (Wildman–Crippen MR) is 147 cm³/mol. The zero-order valence-electron chi connectivity index (χ0n) is 22.4. The number of aryl methyl sites for hydroxylation is 1. The van der Waals surface area contributed by atoms with Crippen molar-refractivity contribution in [2.24, 2.45) is 5.92 Å². The second-order valence-corrected chi connectivity index (χ2v) is 15.6. The Balaban J connectivity index is 1.62. The summed E-state index contributed by atoms with van der Waals surface area (Å²) >= 11 is 3.58. The molecule has 2 aliphatic rings. The zero-order chi connectivity index (χ0) is 27.7. The molecule has 0 unspecified atom stereocenters. The third-order valence-electron chi connectivity index (χ3n) is 7.78. The molecular weight excluding hydrogens is 572 g/mol. The number of anilines is 1. The molecule has 2 aromatic rings. The lowest BCUT2D eigenvalue weighted by molar-refractivity contribution is -0.146. The molecule has 0 bridgehead atoms. The van der Waals surface area contributed by atoms with Crippen LogP contribution in [0.3, 0.4) is 0 Å². The van der Waals surface area contributed by atoms with Crippen LogP contribution in [0.5, 0.6) is 0 Å². The molecule has 1 amide bonds. The number of hydrogen-bond acceptors (Lipinski definition) is 8. The van der Waals surface area contributed by atoms with Crippen molar-refractivity contribution in [1.82, 2.24) is 15.0 Å². The molecular formula is C26H37BrN4O6Si. The Labute approximate surface area is 232 Å². The molecule has 2 N–H and O–H groups in total. The van der Waals surface area contributed by atoms with Crippen LogP contribution in [0, 0.1) is 5.92 Å². The topological polar surface area (TPSA) is 127 Å². The number of unbranched alkanes of at least 4 members (excludes halogenated alkanes) is 1. The minimum absolute atomic E-state index is 0.00705. The normalized spacial score (nSPS) is 24.9. The van der Waals surface area contributed by atoms with Gasteiger partial charge in [0.25, 0.3) is 5.91 Å². The van der Waals surface area contributed by atoms with Gasteiger partial charge in [0.1, 0.15) is 0 Å². The first-order valence-corrected chi connectivity index (χ1v) is 16.9. The van der Waals surface area contributed by atoms with Gasteiger partial charge >= 0.3 is 5.97 Å². The van der Waals surface area contributed by atoms with Crippen molar-refractivity contribution >= 4 is 41.8 Å². The van der Waals surface area contributed by atoms with Gasteiger partial charge in [-0.1, -0.05) is 28.1 Å². The zero-order valence-corrected chi connectivity index (χ0v) is 25.0. The lowest BCUT2D eigenvalue weighted by atomic mass is 9.82. The van der Waals surface area contributed by atoms with E-state index in [9.17, 15) is 19.5 Å². The average Bonchev–Trinajstić information content (AvgIpc) is 3.50. The van der Waals surface area contributed by atoms with Crippen molar-refractivity contribution in [2.45, 2.75) is 75.9 Å². The van der Waals surface area contributed by atoms with E-state index in [-0.39, 0.29) is 36.0 Å². The average molecular weight is 610 g/mol. The Hall–Kier alpha value is -2.12. The molecule has 0 radical (unpaired) electrons. The molecule has 1 aromatic carbocycles. The number of nitrogens with zero attached hydrogens (tertiary/aromatic N) is 4. The maximum absolute atomic E-state index is 14.2. The summed E-state index contributed by atoms with van der Waals surface area (Å²) in [6, 6.07) is 5.81. The van der Waals surface area contributed by atoms with Gasteiger partial charge in [-0.25, -0.2) is 0 Å². The van der Waals surface area contributed by atoms with Crippen LogP contribution >= 0.6 is 15.9 Å². The van der Waals surface area contributed by atoms with Crippen LogP contribution in [0.25, 0.3) is 0 Å². The molecule has 0 aliphatic carbocycles. The minimum Gasteiger partial charge on any atom is -0.469 e. The number of amides is 1. The van der Waals surface area contributed by atoms with Gasteiger partial charge in [0.15, 0.2) is 13.9 Å². The van der Waals surface area contributed by atoms with Gasteiger partial charge in [0, 0.05) is 60.2 Å². The van der Waals surface area contributed by atoms with E-state index in [4.69, 9.17) is 9.47 Å². The highest BCUT2D eigenvalue weighted by Gasteiger charge is 2.66. The second kappa shape index (κ2) is 11.5. The summed E-state index contributed by atoms with van der Waals surface area (Å²) in [5, 5.41) is 17.4. The van der Waals surface area contributed by atoms with Crippen LogP contribution in [0.4, 0.5) is 5.69 Å². The second-order valence-electron chi connectivity index (χ2n) is 10.7. The van der Waals surface area contributed by atoms with Gasteiger partial charge in [-0.3, -0.25) is 14.3 Å². The number of esters is 1. The standard InChI is InChI=1S/C26H37BrN4O6Si/c1-17-24(38(3,4)35)22(10-13-30-16-19(11-14-32)28-29-30)37-26(17)20-15-18(27)8-9-21(20)31(25(26)34)12-6-5-7-23(33)36-2/h8-9,15-17,22,24,32,35H,5-7,10-14H2,1-4H3/t17-,22+,24-,26+/m1/s1. The Morgan fingerprint density at radius 2 is 2.05 bits per heavy atom. The van der Waals surface area contributed by atoms with Crippen LogP contribution in [-0.2, 0) is 37.6 Å². The van der Waals surface area contributed by atoms with Crippen molar-refractivity contribution in [3.05, 3.63) is 40.1 Å². The first-order valence-electron chi connectivity index (χ1n) is 13.1. The number of methoxy groups -OCH3 is 1. The molecule has 38 heavy (non-hydrogen) atoms. The van der Waals surface area contributed by atoms with Gasteiger partial charge in [-0.2, -0.15) is 0 Å². The van der Waals surface area contributed by atoms with Crippen molar-refractivity contribution in [1.29, 1.82) is 0 Å². The summed E-state index contributed by atoms with van der Waals surface area (Å²) in [4.78, 5) is 39.0. The smallest absolute Gasteiger partial charge is 0.305 e. The van der Waals surface area contributed by atoms with E-state index in [2.05, 4.69) is 26.2 Å². The summed E-state index contributed by atoms with van der Waals surface area (Å²) in [7, 11) is -1.39. The molecule has 4 atom stereocenters. The number of ether oxygens (including phenoxy) is 2. The number of carbonyl (C=O) groups excluding carboxylic acids is 2. The third kappa shape index (κ3) is 5.46. The Bertz CT molecular complexity index is 1170. The fraction of sp³-hybridized carbons (Fsp3) is 0.615. The van der Waals surface area contributed by atoms with E-state index in [1.807, 2.05) is 44.4 Å². The van der Waals surface area contributed by atoms with E-state index < -0.39 is 13.9 Å². The summed E-state index contributed by atoms with van der Waals surface area (Å²) in [6.45, 7) is 6.82. The molecule has 4 rings (SSSR count). The van der Waals surface area contributed by atoms with E-state index in [1.54, 1.807) is 9.58 Å².